The van der Waals surface area contributed by atoms with Crippen LogP contribution in [0.15, 0.2) is 6.07 Å². The van der Waals surface area contributed by atoms with Crippen LogP contribution in [0.3, 0.4) is 0 Å². The largest absolute Gasteiger partial charge is 0.362 e. The van der Waals surface area contributed by atoms with Crippen molar-refractivity contribution in [2.45, 2.75) is 61.3 Å². The van der Waals surface area contributed by atoms with Crippen molar-refractivity contribution in [1.82, 2.24) is 5.32 Å². The molecule has 2 N–H and O–H groups in total. The summed E-state index contributed by atoms with van der Waals surface area (Å²) < 4.78 is 0. The first-order valence-corrected chi connectivity index (χ1v) is 8.27. The van der Waals surface area contributed by atoms with E-state index in [1.54, 1.807) is 0 Å². The Kier molecular flexibility index (Phi) is 6.21. The monoisotopic (exact) mass is 306 g/mol. The summed E-state index contributed by atoms with van der Waals surface area (Å²) in [4.78, 5) is 0. The van der Waals surface area contributed by atoms with Crippen LogP contribution < -0.4 is 10.6 Å². The number of aryl methyl sites for hydroxylation is 2. The molecule has 0 unspecified atom stereocenters. The summed E-state index contributed by atoms with van der Waals surface area (Å²) in [5, 5.41) is 7.49. The highest BCUT2D eigenvalue weighted by Gasteiger charge is 2.14. The summed E-state index contributed by atoms with van der Waals surface area (Å²) in [5.41, 5.74) is 6.88. The molecule has 1 aromatic carbocycles. The third-order valence-electron chi connectivity index (χ3n) is 3.81. The molecule has 21 heavy (non-hydrogen) atoms. The lowest BCUT2D eigenvalue weighted by atomic mass is 9.94. The van der Waals surface area contributed by atoms with E-state index in [1.165, 1.54) is 27.9 Å². The Morgan fingerprint density at radius 3 is 2.24 bits per heavy atom. The summed E-state index contributed by atoms with van der Waals surface area (Å²) in [5.74, 6) is 0. The third kappa shape index (κ3) is 4.99. The topological polar surface area (TPSA) is 24.1 Å². The molecule has 0 atom stereocenters. The van der Waals surface area contributed by atoms with Gasteiger partial charge >= 0.3 is 0 Å². The number of benzene rings is 1. The van der Waals surface area contributed by atoms with E-state index in [4.69, 9.17) is 12.2 Å². The van der Waals surface area contributed by atoms with Gasteiger partial charge in [0.05, 0.1) is 0 Å². The number of thiocarbonyl (C=S) groups is 1. The van der Waals surface area contributed by atoms with E-state index in [0.29, 0.717) is 0 Å². The Hall–Kier alpha value is -1.09. The van der Waals surface area contributed by atoms with E-state index in [0.717, 1.165) is 24.5 Å². The summed E-state index contributed by atoms with van der Waals surface area (Å²) in [6.45, 7) is 16.3. The molecule has 0 spiro atoms. The highest BCUT2D eigenvalue weighted by Crippen LogP contribution is 2.28. The summed E-state index contributed by atoms with van der Waals surface area (Å²) in [6.07, 6.45) is 2.03. The number of hydrogen-bond acceptors (Lipinski definition) is 1. The van der Waals surface area contributed by atoms with Crippen LogP contribution in [0.4, 0.5) is 5.69 Å². The Labute approximate surface area is 135 Å². The van der Waals surface area contributed by atoms with Crippen LogP contribution in [-0.4, -0.2) is 11.7 Å². The van der Waals surface area contributed by atoms with E-state index in [-0.39, 0.29) is 5.41 Å². The summed E-state index contributed by atoms with van der Waals surface area (Å²) in [6, 6.07) is 2.28. The van der Waals surface area contributed by atoms with E-state index < -0.39 is 0 Å². The first-order chi connectivity index (χ1) is 9.69. The van der Waals surface area contributed by atoms with Crippen LogP contribution in [0, 0.1) is 19.3 Å². The minimum Gasteiger partial charge on any atom is -0.362 e. The standard InChI is InChI=1S/C18H30N2S/c1-8-14-10-12(3)13(4)15(9-2)16(14)20-17(21)19-11-18(5,6)7/h10H,8-9,11H2,1-7H3,(H2,19,20,21). The van der Waals surface area contributed by atoms with Crippen LogP contribution in [-0.2, 0) is 12.8 Å². The van der Waals surface area contributed by atoms with Crippen LogP contribution in [0.25, 0.3) is 0 Å². The lowest BCUT2D eigenvalue weighted by molar-refractivity contribution is 0.409. The molecule has 0 saturated carbocycles. The molecular weight excluding hydrogens is 276 g/mol. The molecular formula is C18H30N2S. The van der Waals surface area contributed by atoms with Crippen LogP contribution in [0.5, 0.6) is 0 Å². The predicted molar refractivity (Wildman–Crippen MR) is 98.4 cm³/mol. The zero-order valence-electron chi connectivity index (χ0n) is 14.6. The van der Waals surface area contributed by atoms with Crippen molar-refractivity contribution in [1.29, 1.82) is 0 Å². The van der Waals surface area contributed by atoms with E-state index in [1.807, 2.05) is 0 Å². The molecule has 0 aromatic heterocycles. The first kappa shape index (κ1) is 18.0. The Morgan fingerprint density at radius 1 is 1.14 bits per heavy atom. The molecule has 0 aliphatic heterocycles. The smallest absolute Gasteiger partial charge is 0.170 e. The maximum atomic E-state index is 5.47. The van der Waals surface area contributed by atoms with Crippen molar-refractivity contribution in [3.63, 3.8) is 0 Å². The molecule has 0 fully saturated rings. The zero-order chi connectivity index (χ0) is 16.2. The van der Waals surface area contributed by atoms with Gasteiger partial charge in [0, 0.05) is 12.2 Å². The number of rotatable bonds is 4. The normalized spacial score (nSPS) is 11.4. The molecule has 2 nitrogen and oxygen atoms in total. The van der Waals surface area contributed by atoms with Crippen molar-refractivity contribution in [2.75, 3.05) is 11.9 Å². The van der Waals surface area contributed by atoms with Crippen molar-refractivity contribution < 1.29 is 0 Å². The van der Waals surface area contributed by atoms with Gasteiger partial charge < -0.3 is 10.6 Å². The number of hydrogen-bond donors (Lipinski definition) is 2. The van der Waals surface area contributed by atoms with Gasteiger partial charge in [0.25, 0.3) is 0 Å². The average molecular weight is 307 g/mol. The fourth-order valence-corrected chi connectivity index (χ4v) is 2.61. The van der Waals surface area contributed by atoms with Gasteiger partial charge in [-0.3, -0.25) is 0 Å². The van der Waals surface area contributed by atoms with E-state index >= 15 is 0 Å². The Balaban J connectivity index is 3.01. The minimum absolute atomic E-state index is 0.218. The molecule has 0 saturated heterocycles. The van der Waals surface area contributed by atoms with Gasteiger partial charge in [-0.05, 0) is 66.6 Å². The second-order valence-corrected chi connectivity index (χ2v) is 7.31. The lowest BCUT2D eigenvalue weighted by Gasteiger charge is -2.23. The van der Waals surface area contributed by atoms with Crippen LogP contribution in [0.1, 0.15) is 56.9 Å². The number of anilines is 1. The molecule has 0 radical (unpaired) electrons. The Morgan fingerprint density at radius 2 is 1.76 bits per heavy atom. The maximum absolute atomic E-state index is 5.47. The average Bonchev–Trinajstić information content (AvgIpc) is 2.40. The third-order valence-corrected chi connectivity index (χ3v) is 4.06. The summed E-state index contributed by atoms with van der Waals surface area (Å²) >= 11 is 5.47. The first-order valence-electron chi connectivity index (χ1n) is 7.86. The van der Waals surface area contributed by atoms with Gasteiger partial charge in [0.15, 0.2) is 5.11 Å². The van der Waals surface area contributed by atoms with Crippen molar-refractivity contribution in [3.8, 4) is 0 Å². The number of nitrogens with one attached hydrogen (secondary N) is 2. The van der Waals surface area contributed by atoms with E-state index in [9.17, 15) is 0 Å². The molecule has 1 rings (SSSR count). The molecule has 0 amide bonds. The second kappa shape index (κ2) is 7.26. The molecule has 0 aliphatic carbocycles. The molecule has 0 bridgehead atoms. The Bertz CT molecular complexity index is 513. The molecule has 1 aromatic rings. The minimum atomic E-state index is 0.218. The van der Waals surface area contributed by atoms with E-state index in [2.05, 4.69) is 65.2 Å². The van der Waals surface area contributed by atoms with Gasteiger partial charge in [-0.1, -0.05) is 40.7 Å². The molecule has 3 heteroatoms. The molecule has 0 aliphatic rings. The highest BCUT2D eigenvalue weighted by molar-refractivity contribution is 7.80. The van der Waals surface area contributed by atoms with Crippen molar-refractivity contribution in [3.05, 3.63) is 28.3 Å². The summed E-state index contributed by atoms with van der Waals surface area (Å²) in [7, 11) is 0. The van der Waals surface area contributed by atoms with Gasteiger partial charge in [0.2, 0.25) is 0 Å². The van der Waals surface area contributed by atoms with Crippen LogP contribution in [0.2, 0.25) is 0 Å². The fraction of sp³-hybridized carbons (Fsp3) is 0.611. The second-order valence-electron chi connectivity index (χ2n) is 6.91. The SMILES string of the molecule is CCc1cc(C)c(C)c(CC)c1NC(=S)NCC(C)(C)C. The lowest BCUT2D eigenvalue weighted by Crippen LogP contribution is -2.35. The molecule has 0 heterocycles. The predicted octanol–water partition coefficient (Wildman–Crippen LogP) is 4.76. The zero-order valence-corrected chi connectivity index (χ0v) is 15.4. The molecule has 118 valence electrons. The maximum Gasteiger partial charge on any atom is 0.170 e. The van der Waals surface area contributed by atoms with Gasteiger partial charge in [-0.15, -0.1) is 0 Å². The van der Waals surface area contributed by atoms with Gasteiger partial charge in [-0.2, -0.15) is 0 Å². The van der Waals surface area contributed by atoms with Gasteiger partial charge in [-0.25, -0.2) is 0 Å². The van der Waals surface area contributed by atoms with Crippen molar-refractivity contribution in [2.24, 2.45) is 5.41 Å². The van der Waals surface area contributed by atoms with Gasteiger partial charge in [0.1, 0.15) is 0 Å². The quantitative estimate of drug-likeness (QED) is 0.784. The fourth-order valence-electron chi connectivity index (χ4n) is 2.44. The highest BCUT2D eigenvalue weighted by atomic mass is 32.1. The van der Waals surface area contributed by atoms with Crippen LogP contribution >= 0.6 is 12.2 Å². The van der Waals surface area contributed by atoms with Crippen molar-refractivity contribution >= 4 is 23.0 Å².